The standard InChI is InChI=1S/C17H25NO3S/c1-13-5-3-4-6-16(13)21-14-7-10-18(11-8-14)17(20)15(19)9-12-22-2/h3-6,14-15,19H,7-12H2,1-2H3. The van der Waals surface area contributed by atoms with Crippen LogP contribution < -0.4 is 4.74 Å². The van der Waals surface area contributed by atoms with E-state index < -0.39 is 6.10 Å². The number of rotatable bonds is 6. The van der Waals surface area contributed by atoms with E-state index in [1.165, 1.54) is 0 Å². The highest BCUT2D eigenvalue weighted by molar-refractivity contribution is 7.98. The first-order chi connectivity index (χ1) is 10.6. The van der Waals surface area contributed by atoms with E-state index in [2.05, 4.69) is 0 Å². The van der Waals surface area contributed by atoms with Crippen molar-refractivity contribution in [3.05, 3.63) is 29.8 Å². The molecule has 22 heavy (non-hydrogen) atoms. The van der Waals surface area contributed by atoms with Gasteiger partial charge in [0.05, 0.1) is 0 Å². The Labute approximate surface area is 136 Å². The molecule has 5 heteroatoms. The Hall–Kier alpha value is -1.20. The van der Waals surface area contributed by atoms with Gasteiger partial charge in [0, 0.05) is 25.9 Å². The van der Waals surface area contributed by atoms with E-state index >= 15 is 0 Å². The molecule has 1 saturated heterocycles. The molecule has 0 bridgehead atoms. The zero-order valence-electron chi connectivity index (χ0n) is 13.3. The predicted octanol–water partition coefficient (Wildman–Crippen LogP) is 2.48. The summed E-state index contributed by atoms with van der Waals surface area (Å²) in [7, 11) is 0. The number of aliphatic hydroxyl groups excluding tert-OH is 1. The highest BCUT2D eigenvalue weighted by Crippen LogP contribution is 2.22. The van der Waals surface area contributed by atoms with Crippen LogP contribution in [-0.2, 0) is 4.79 Å². The molecule has 1 atom stereocenters. The van der Waals surface area contributed by atoms with Gasteiger partial charge in [-0.15, -0.1) is 0 Å². The monoisotopic (exact) mass is 323 g/mol. The van der Waals surface area contributed by atoms with Gasteiger partial charge in [0.25, 0.3) is 5.91 Å². The molecule has 0 spiro atoms. The Bertz CT molecular complexity index is 487. The Morgan fingerprint density at radius 1 is 1.41 bits per heavy atom. The van der Waals surface area contributed by atoms with E-state index in [0.717, 1.165) is 29.9 Å². The summed E-state index contributed by atoms with van der Waals surface area (Å²) in [5.74, 6) is 1.59. The number of thioether (sulfide) groups is 1. The second-order valence-electron chi connectivity index (χ2n) is 5.71. The lowest BCUT2D eigenvalue weighted by atomic mass is 10.1. The molecule has 2 rings (SSSR count). The summed E-state index contributed by atoms with van der Waals surface area (Å²) >= 11 is 1.65. The van der Waals surface area contributed by atoms with Crippen LogP contribution in [0.25, 0.3) is 0 Å². The molecule has 1 aromatic carbocycles. The van der Waals surface area contributed by atoms with Crippen LogP contribution in [0.2, 0.25) is 0 Å². The second kappa shape index (κ2) is 8.44. The third-order valence-corrected chi connectivity index (χ3v) is 4.67. The highest BCUT2D eigenvalue weighted by Gasteiger charge is 2.27. The first-order valence-corrected chi connectivity index (χ1v) is 9.19. The molecule has 0 radical (unpaired) electrons. The topological polar surface area (TPSA) is 49.8 Å². The smallest absolute Gasteiger partial charge is 0.251 e. The molecule has 1 unspecified atom stereocenters. The number of amides is 1. The molecule has 1 fully saturated rings. The van der Waals surface area contributed by atoms with Crippen molar-refractivity contribution in [2.45, 2.75) is 38.4 Å². The van der Waals surface area contributed by atoms with Gasteiger partial charge in [0.2, 0.25) is 0 Å². The van der Waals surface area contributed by atoms with E-state index in [9.17, 15) is 9.90 Å². The van der Waals surface area contributed by atoms with E-state index in [1.807, 2.05) is 37.4 Å². The average molecular weight is 323 g/mol. The molecule has 1 N–H and O–H groups in total. The normalized spacial score (nSPS) is 17.3. The van der Waals surface area contributed by atoms with Gasteiger partial charge < -0.3 is 14.7 Å². The van der Waals surface area contributed by atoms with E-state index in [-0.39, 0.29) is 12.0 Å². The molecule has 0 aliphatic carbocycles. The Morgan fingerprint density at radius 2 is 2.09 bits per heavy atom. The van der Waals surface area contributed by atoms with Crippen LogP contribution in [0.5, 0.6) is 5.75 Å². The van der Waals surface area contributed by atoms with Gasteiger partial charge in [-0.1, -0.05) is 18.2 Å². The number of hydrogen-bond acceptors (Lipinski definition) is 4. The number of piperidine rings is 1. The quantitative estimate of drug-likeness (QED) is 0.874. The summed E-state index contributed by atoms with van der Waals surface area (Å²) < 4.78 is 6.04. The Morgan fingerprint density at radius 3 is 2.73 bits per heavy atom. The van der Waals surface area contributed by atoms with Crippen molar-refractivity contribution in [3.63, 3.8) is 0 Å². The SMILES string of the molecule is CSCCC(O)C(=O)N1CCC(Oc2ccccc2C)CC1. The van der Waals surface area contributed by atoms with Crippen molar-refractivity contribution in [3.8, 4) is 5.75 Å². The van der Waals surface area contributed by atoms with Crippen LogP contribution in [0.4, 0.5) is 0 Å². The first kappa shape index (κ1) is 17.2. The molecule has 0 saturated carbocycles. The third kappa shape index (κ3) is 4.65. The fourth-order valence-electron chi connectivity index (χ4n) is 2.63. The Balaban J connectivity index is 1.80. The summed E-state index contributed by atoms with van der Waals surface area (Å²) in [5.41, 5.74) is 1.13. The van der Waals surface area contributed by atoms with Crippen LogP contribution in [0.3, 0.4) is 0 Å². The number of nitrogens with zero attached hydrogens (tertiary/aromatic N) is 1. The van der Waals surface area contributed by atoms with Gasteiger partial charge in [-0.3, -0.25) is 4.79 Å². The number of carbonyl (C=O) groups excluding carboxylic acids is 1. The number of aliphatic hydroxyl groups is 1. The van der Waals surface area contributed by atoms with Gasteiger partial charge >= 0.3 is 0 Å². The largest absolute Gasteiger partial charge is 0.490 e. The van der Waals surface area contributed by atoms with Gasteiger partial charge in [-0.2, -0.15) is 11.8 Å². The number of carbonyl (C=O) groups is 1. The van der Waals surface area contributed by atoms with Crippen LogP contribution >= 0.6 is 11.8 Å². The van der Waals surface area contributed by atoms with Crippen molar-refractivity contribution in [2.24, 2.45) is 0 Å². The van der Waals surface area contributed by atoms with Crippen LogP contribution in [0, 0.1) is 6.92 Å². The van der Waals surface area contributed by atoms with E-state index in [0.29, 0.717) is 19.5 Å². The fourth-order valence-corrected chi connectivity index (χ4v) is 3.08. The van der Waals surface area contributed by atoms with Gasteiger partial charge in [-0.05, 0) is 37.0 Å². The predicted molar refractivity (Wildman–Crippen MR) is 90.4 cm³/mol. The minimum Gasteiger partial charge on any atom is -0.490 e. The zero-order valence-corrected chi connectivity index (χ0v) is 14.1. The summed E-state index contributed by atoms with van der Waals surface area (Å²) in [6, 6.07) is 8.00. The molecule has 1 heterocycles. The molecule has 1 aromatic rings. The van der Waals surface area contributed by atoms with Crippen molar-refractivity contribution < 1.29 is 14.6 Å². The van der Waals surface area contributed by atoms with E-state index in [4.69, 9.17) is 4.74 Å². The third-order valence-electron chi connectivity index (χ3n) is 4.02. The number of para-hydroxylation sites is 1. The maximum atomic E-state index is 12.1. The summed E-state index contributed by atoms with van der Waals surface area (Å²) in [4.78, 5) is 13.9. The van der Waals surface area contributed by atoms with Gasteiger partial charge in [0.1, 0.15) is 18.0 Å². The van der Waals surface area contributed by atoms with E-state index in [1.54, 1.807) is 16.7 Å². The average Bonchev–Trinajstić information content (AvgIpc) is 2.55. The lowest BCUT2D eigenvalue weighted by molar-refractivity contribution is -0.142. The molecule has 1 amide bonds. The number of aryl methyl sites for hydroxylation is 1. The molecular weight excluding hydrogens is 298 g/mol. The lowest BCUT2D eigenvalue weighted by Crippen LogP contribution is -2.46. The van der Waals surface area contributed by atoms with Crippen molar-refractivity contribution in [2.75, 3.05) is 25.1 Å². The highest BCUT2D eigenvalue weighted by atomic mass is 32.2. The minimum absolute atomic E-state index is 0.136. The number of likely N-dealkylation sites (tertiary alicyclic amines) is 1. The van der Waals surface area contributed by atoms with Crippen LogP contribution in [-0.4, -0.2) is 53.2 Å². The molecule has 1 aliphatic heterocycles. The number of benzene rings is 1. The molecule has 0 aromatic heterocycles. The van der Waals surface area contributed by atoms with Gasteiger partial charge in [-0.25, -0.2) is 0 Å². The Kier molecular flexibility index (Phi) is 6.58. The maximum Gasteiger partial charge on any atom is 0.251 e. The van der Waals surface area contributed by atoms with Crippen molar-refractivity contribution in [1.29, 1.82) is 0 Å². The zero-order chi connectivity index (χ0) is 15.9. The minimum atomic E-state index is -0.860. The summed E-state index contributed by atoms with van der Waals surface area (Å²) in [6.07, 6.45) is 3.42. The summed E-state index contributed by atoms with van der Waals surface area (Å²) in [5, 5.41) is 9.90. The molecular formula is C17H25NO3S. The summed E-state index contributed by atoms with van der Waals surface area (Å²) in [6.45, 7) is 3.35. The first-order valence-electron chi connectivity index (χ1n) is 7.80. The fraction of sp³-hybridized carbons (Fsp3) is 0.588. The molecule has 1 aliphatic rings. The molecule has 4 nitrogen and oxygen atoms in total. The second-order valence-corrected chi connectivity index (χ2v) is 6.69. The molecule has 122 valence electrons. The maximum absolute atomic E-state index is 12.1. The van der Waals surface area contributed by atoms with Crippen LogP contribution in [0.15, 0.2) is 24.3 Å². The number of ether oxygens (including phenoxy) is 1. The van der Waals surface area contributed by atoms with Crippen molar-refractivity contribution >= 4 is 17.7 Å². The van der Waals surface area contributed by atoms with Gasteiger partial charge in [0.15, 0.2) is 0 Å². The van der Waals surface area contributed by atoms with Crippen LogP contribution in [0.1, 0.15) is 24.8 Å². The lowest BCUT2D eigenvalue weighted by Gasteiger charge is -2.33. The van der Waals surface area contributed by atoms with Crippen molar-refractivity contribution in [1.82, 2.24) is 4.90 Å². The number of hydrogen-bond donors (Lipinski definition) is 1.